The van der Waals surface area contributed by atoms with Crippen molar-refractivity contribution in [2.24, 2.45) is 5.92 Å². The third-order valence-electron chi connectivity index (χ3n) is 3.69. The first-order valence-corrected chi connectivity index (χ1v) is 7.03. The van der Waals surface area contributed by atoms with Crippen LogP contribution in [0, 0.1) is 5.92 Å². The molecule has 1 heterocycles. The number of hydrogen-bond donors (Lipinski definition) is 2. The summed E-state index contributed by atoms with van der Waals surface area (Å²) in [6.45, 7) is 3.68. The fourth-order valence-electron chi connectivity index (χ4n) is 2.61. The Balaban J connectivity index is 1.80. The first-order valence-electron chi connectivity index (χ1n) is 7.03. The molecule has 1 aliphatic heterocycles. The summed E-state index contributed by atoms with van der Waals surface area (Å²) in [5.74, 6) is -0.218. The molecule has 0 aromatic rings. The molecule has 1 saturated carbocycles. The number of nitrogens with one attached hydrogen (secondary N) is 2. The standard InChI is InChI=1S/C13H21N3O4/c1-8-4-3-5-10(6-8)20-9(2)12(18)15-16-7-11(17)14-13(16)19/h8-10H,3-7H2,1-2H3,(H,15,18)(H,14,17,19)/t8-,9-,10-/m1/s1. The second kappa shape index (κ2) is 6.21. The van der Waals surface area contributed by atoms with Crippen molar-refractivity contribution in [1.29, 1.82) is 0 Å². The van der Waals surface area contributed by atoms with Crippen LogP contribution in [0.5, 0.6) is 0 Å². The number of carbonyl (C=O) groups is 3. The molecule has 112 valence electrons. The smallest absolute Gasteiger partial charge is 0.343 e. The summed E-state index contributed by atoms with van der Waals surface area (Å²) in [7, 11) is 0. The van der Waals surface area contributed by atoms with Crippen molar-refractivity contribution in [3.05, 3.63) is 0 Å². The third-order valence-corrected chi connectivity index (χ3v) is 3.69. The number of nitrogens with zero attached hydrogens (tertiary/aromatic N) is 1. The molecule has 7 heteroatoms. The Hall–Kier alpha value is -1.63. The molecule has 2 aliphatic rings. The molecule has 0 aromatic carbocycles. The molecule has 4 amide bonds. The maximum atomic E-state index is 11.9. The largest absolute Gasteiger partial charge is 0.365 e. The minimum Gasteiger partial charge on any atom is -0.365 e. The summed E-state index contributed by atoms with van der Waals surface area (Å²) < 4.78 is 5.74. The summed E-state index contributed by atoms with van der Waals surface area (Å²) >= 11 is 0. The number of urea groups is 1. The SMILES string of the molecule is C[C@@H]1CCC[C@@H](O[C@H](C)C(=O)NN2CC(=O)NC2=O)C1. The monoisotopic (exact) mass is 283 g/mol. The number of carbonyl (C=O) groups excluding carboxylic acids is 3. The quantitative estimate of drug-likeness (QED) is 0.738. The van der Waals surface area contributed by atoms with Gasteiger partial charge < -0.3 is 4.74 Å². The van der Waals surface area contributed by atoms with Gasteiger partial charge in [-0.3, -0.25) is 20.3 Å². The van der Waals surface area contributed by atoms with Gasteiger partial charge in [-0.1, -0.05) is 19.8 Å². The van der Waals surface area contributed by atoms with E-state index in [4.69, 9.17) is 4.74 Å². The summed E-state index contributed by atoms with van der Waals surface area (Å²) in [6.07, 6.45) is 3.69. The van der Waals surface area contributed by atoms with E-state index in [0.717, 1.165) is 24.3 Å². The highest BCUT2D eigenvalue weighted by atomic mass is 16.5. The van der Waals surface area contributed by atoms with Gasteiger partial charge in [0.25, 0.3) is 5.91 Å². The van der Waals surface area contributed by atoms with Crippen LogP contribution in [0.1, 0.15) is 39.5 Å². The van der Waals surface area contributed by atoms with Crippen molar-refractivity contribution in [2.75, 3.05) is 6.54 Å². The van der Waals surface area contributed by atoms with Gasteiger partial charge in [-0.25, -0.2) is 9.80 Å². The Morgan fingerprint density at radius 2 is 2.20 bits per heavy atom. The molecule has 3 atom stereocenters. The van der Waals surface area contributed by atoms with Crippen molar-refractivity contribution in [3.63, 3.8) is 0 Å². The highest BCUT2D eigenvalue weighted by Crippen LogP contribution is 2.26. The van der Waals surface area contributed by atoms with Crippen LogP contribution in [0.2, 0.25) is 0 Å². The molecule has 1 saturated heterocycles. The minimum absolute atomic E-state index is 0.0912. The van der Waals surface area contributed by atoms with Crippen molar-refractivity contribution < 1.29 is 19.1 Å². The summed E-state index contributed by atoms with van der Waals surface area (Å²) in [5, 5.41) is 3.06. The van der Waals surface area contributed by atoms with E-state index >= 15 is 0 Å². The molecule has 0 bridgehead atoms. The van der Waals surface area contributed by atoms with Crippen LogP contribution in [0.4, 0.5) is 4.79 Å². The lowest BCUT2D eigenvalue weighted by atomic mass is 9.88. The molecule has 2 N–H and O–H groups in total. The maximum absolute atomic E-state index is 11.9. The van der Waals surface area contributed by atoms with Gasteiger partial charge >= 0.3 is 6.03 Å². The van der Waals surface area contributed by atoms with E-state index in [2.05, 4.69) is 17.7 Å². The summed E-state index contributed by atoms with van der Waals surface area (Å²) in [6, 6.07) is -0.609. The topological polar surface area (TPSA) is 87.7 Å². The molecule has 0 unspecified atom stereocenters. The molecule has 1 aliphatic carbocycles. The van der Waals surface area contributed by atoms with Gasteiger partial charge in [-0.2, -0.15) is 0 Å². The second-order valence-electron chi connectivity index (χ2n) is 5.59. The van der Waals surface area contributed by atoms with Gasteiger partial charge in [0.05, 0.1) is 6.10 Å². The first kappa shape index (κ1) is 14.8. The van der Waals surface area contributed by atoms with Crippen LogP contribution in [0.15, 0.2) is 0 Å². The fourth-order valence-corrected chi connectivity index (χ4v) is 2.61. The van der Waals surface area contributed by atoms with E-state index in [1.54, 1.807) is 6.92 Å². The molecular weight excluding hydrogens is 262 g/mol. The predicted molar refractivity (Wildman–Crippen MR) is 70.4 cm³/mol. The van der Waals surface area contributed by atoms with Gasteiger partial charge in [-0.05, 0) is 25.7 Å². The van der Waals surface area contributed by atoms with Crippen molar-refractivity contribution in [1.82, 2.24) is 15.8 Å². The van der Waals surface area contributed by atoms with Crippen LogP contribution in [-0.4, -0.2) is 41.6 Å². The number of hydrogen-bond acceptors (Lipinski definition) is 4. The fraction of sp³-hybridized carbons (Fsp3) is 0.769. The molecular formula is C13H21N3O4. The average Bonchev–Trinajstić information content (AvgIpc) is 2.67. The van der Waals surface area contributed by atoms with E-state index in [-0.39, 0.29) is 12.6 Å². The molecule has 20 heavy (non-hydrogen) atoms. The van der Waals surface area contributed by atoms with Crippen molar-refractivity contribution in [2.45, 2.75) is 51.7 Å². The van der Waals surface area contributed by atoms with Gasteiger partial charge in [-0.15, -0.1) is 0 Å². The Morgan fingerprint density at radius 3 is 2.80 bits per heavy atom. The van der Waals surface area contributed by atoms with Gasteiger partial charge in [0, 0.05) is 0 Å². The van der Waals surface area contributed by atoms with Crippen LogP contribution in [0.25, 0.3) is 0 Å². The Labute approximate surface area is 118 Å². The van der Waals surface area contributed by atoms with E-state index in [9.17, 15) is 14.4 Å². The first-order chi connectivity index (χ1) is 9.45. The lowest BCUT2D eigenvalue weighted by Crippen LogP contribution is -2.48. The number of amides is 4. The lowest BCUT2D eigenvalue weighted by Gasteiger charge is -2.29. The lowest BCUT2D eigenvalue weighted by molar-refractivity contribution is -0.140. The van der Waals surface area contributed by atoms with Gasteiger partial charge in [0.2, 0.25) is 5.91 Å². The normalized spacial score (nSPS) is 28.2. The number of ether oxygens (including phenoxy) is 1. The summed E-state index contributed by atoms with van der Waals surface area (Å²) in [4.78, 5) is 34.3. The van der Waals surface area contributed by atoms with Crippen LogP contribution < -0.4 is 10.7 Å². The zero-order valence-electron chi connectivity index (χ0n) is 11.8. The Kier molecular flexibility index (Phi) is 4.59. The van der Waals surface area contributed by atoms with Gasteiger partial charge in [0.15, 0.2) is 0 Å². The van der Waals surface area contributed by atoms with E-state index in [1.165, 1.54) is 6.42 Å². The van der Waals surface area contributed by atoms with E-state index < -0.39 is 23.9 Å². The Morgan fingerprint density at radius 1 is 1.45 bits per heavy atom. The van der Waals surface area contributed by atoms with E-state index in [1.807, 2.05) is 0 Å². The van der Waals surface area contributed by atoms with Gasteiger partial charge in [0.1, 0.15) is 12.6 Å². The Bertz CT molecular complexity index is 412. The van der Waals surface area contributed by atoms with Crippen LogP contribution in [-0.2, 0) is 14.3 Å². The molecule has 2 rings (SSSR count). The minimum atomic E-state index is -0.645. The molecule has 0 aromatic heterocycles. The number of imide groups is 1. The maximum Gasteiger partial charge on any atom is 0.343 e. The predicted octanol–water partition coefficient (Wildman–Crippen LogP) is 0.553. The highest BCUT2D eigenvalue weighted by molar-refractivity contribution is 6.02. The van der Waals surface area contributed by atoms with E-state index in [0.29, 0.717) is 5.92 Å². The number of hydrazine groups is 1. The zero-order chi connectivity index (χ0) is 14.7. The van der Waals surface area contributed by atoms with Crippen LogP contribution in [0.3, 0.4) is 0 Å². The zero-order valence-corrected chi connectivity index (χ0v) is 11.8. The van der Waals surface area contributed by atoms with Crippen molar-refractivity contribution >= 4 is 17.8 Å². The summed E-state index contributed by atoms with van der Waals surface area (Å²) in [5.41, 5.74) is 2.40. The second-order valence-corrected chi connectivity index (χ2v) is 5.59. The van der Waals surface area contributed by atoms with Crippen LogP contribution >= 0.6 is 0 Å². The molecule has 7 nitrogen and oxygen atoms in total. The molecule has 2 fully saturated rings. The number of rotatable bonds is 4. The highest BCUT2D eigenvalue weighted by Gasteiger charge is 2.30. The molecule has 0 radical (unpaired) electrons. The third kappa shape index (κ3) is 3.69. The van der Waals surface area contributed by atoms with Crippen molar-refractivity contribution in [3.8, 4) is 0 Å². The average molecular weight is 283 g/mol. The molecule has 0 spiro atoms.